The van der Waals surface area contributed by atoms with Crippen LogP contribution in [0.1, 0.15) is 53.2 Å². The lowest BCUT2D eigenvalue weighted by Crippen LogP contribution is -2.33. The van der Waals surface area contributed by atoms with Gasteiger partial charge in [-0.2, -0.15) is 0 Å². The Balaban J connectivity index is 1.50. The van der Waals surface area contributed by atoms with Gasteiger partial charge in [-0.3, -0.25) is 9.59 Å². The maximum Gasteiger partial charge on any atom is 0.265 e. The van der Waals surface area contributed by atoms with Crippen LogP contribution in [0.3, 0.4) is 0 Å². The molecule has 4 rings (SSSR count). The molecule has 1 unspecified atom stereocenters. The number of nitrogens with one attached hydrogen (secondary N) is 1. The fourth-order valence-electron chi connectivity index (χ4n) is 4.02. The molecule has 3 aromatic rings. The van der Waals surface area contributed by atoms with E-state index in [1.165, 1.54) is 24.0 Å². The van der Waals surface area contributed by atoms with Gasteiger partial charge >= 0.3 is 0 Å². The fraction of sp³-hybridized carbons (Fsp3) is 0.259. The number of hydrogen-bond acceptors (Lipinski definition) is 3. The molecule has 0 aliphatic heterocycles. The van der Waals surface area contributed by atoms with E-state index in [4.69, 9.17) is 4.74 Å². The quantitative estimate of drug-likeness (QED) is 0.514. The van der Waals surface area contributed by atoms with Gasteiger partial charge in [0.15, 0.2) is 11.9 Å². The minimum absolute atomic E-state index is 0.125. The second-order valence-electron chi connectivity index (χ2n) is 7.88. The van der Waals surface area contributed by atoms with Gasteiger partial charge in [0, 0.05) is 11.1 Å². The first-order chi connectivity index (χ1) is 15.2. The van der Waals surface area contributed by atoms with Crippen LogP contribution in [0.4, 0.5) is 5.69 Å². The minimum atomic E-state index is -0.637. The predicted molar refractivity (Wildman–Crippen MR) is 123 cm³/mol. The van der Waals surface area contributed by atoms with E-state index in [1.807, 2.05) is 37.3 Å². The lowest BCUT2D eigenvalue weighted by Gasteiger charge is -2.21. The van der Waals surface area contributed by atoms with E-state index in [0.29, 0.717) is 23.2 Å². The summed E-state index contributed by atoms with van der Waals surface area (Å²) in [7, 11) is 0. The molecule has 4 nitrogen and oxygen atoms in total. The number of carbonyl (C=O) groups excluding carboxylic acids is 2. The molecule has 1 aliphatic rings. The summed E-state index contributed by atoms with van der Waals surface area (Å²) in [6, 6.07) is 22.3. The summed E-state index contributed by atoms with van der Waals surface area (Å²) in [5.41, 5.74) is 4.24. The molecule has 0 radical (unpaired) electrons. The maximum atomic E-state index is 13.0. The monoisotopic (exact) mass is 413 g/mol. The second-order valence-corrected chi connectivity index (χ2v) is 7.88. The van der Waals surface area contributed by atoms with Crippen LogP contribution in [0.5, 0.6) is 5.75 Å². The Kier molecular flexibility index (Phi) is 6.46. The summed E-state index contributed by atoms with van der Waals surface area (Å²) < 4.78 is 6.05. The number of para-hydroxylation sites is 1. The van der Waals surface area contributed by atoms with Crippen molar-refractivity contribution in [2.45, 2.75) is 45.1 Å². The van der Waals surface area contributed by atoms with Gasteiger partial charge in [-0.05, 0) is 67.5 Å². The highest BCUT2D eigenvalue weighted by Crippen LogP contribution is 2.27. The molecule has 4 heteroatoms. The number of rotatable bonds is 7. The van der Waals surface area contributed by atoms with Crippen molar-refractivity contribution in [3.8, 4) is 5.75 Å². The highest BCUT2D eigenvalue weighted by Gasteiger charge is 2.22. The Morgan fingerprint density at radius 2 is 1.61 bits per heavy atom. The van der Waals surface area contributed by atoms with Gasteiger partial charge < -0.3 is 10.1 Å². The molecule has 1 amide bonds. The van der Waals surface area contributed by atoms with E-state index in [2.05, 4.69) is 17.4 Å². The van der Waals surface area contributed by atoms with Crippen LogP contribution >= 0.6 is 0 Å². The normalized spacial score (nSPS) is 13.7. The van der Waals surface area contributed by atoms with Crippen molar-refractivity contribution >= 4 is 17.4 Å². The van der Waals surface area contributed by atoms with Crippen LogP contribution in [-0.2, 0) is 17.6 Å². The summed E-state index contributed by atoms with van der Waals surface area (Å²) in [5.74, 6) is 0.338. The van der Waals surface area contributed by atoms with Crippen molar-refractivity contribution in [3.05, 3.63) is 95.1 Å². The van der Waals surface area contributed by atoms with Gasteiger partial charge in [-0.1, -0.05) is 55.5 Å². The Morgan fingerprint density at radius 1 is 0.903 bits per heavy atom. The Hall–Kier alpha value is -3.40. The van der Waals surface area contributed by atoms with Crippen molar-refractivity contribution in [2.75, 3.05) is 5.32 Å². The Bertz CT molecular complexity index is 1070. The zero-order valence-electron chi connectivity index (χ0n) is 17.8. The third-order valence-electron chi connectivity index (χ3n) is 5.73. The number of anilines is 1. The maximum absolute atomic E-state index is 13.0. The van der Waals surface area contributed by atoms with Crippen molar-refractivity contribution in [3.63, 3.8) is 0 Å². The van der Waals surface area contributed by atoms with Crippen LogP contribution < -0.4 is 10.1 Å². The molecule has 1 atom stereocenters. The molecule has 0 aromatic heterocycles. The molecule has 0 spiro atoms. The molecule has 0 saturated carbocycles. The van der Waals surface area contributed by atoms with Crippen LogP contribution in [0, 0.1) is 0 Å². The summed E-state index contributed by atoms with van der Waals surface area (Å²) in [4.78, 5) is 25.9. The number of amides is 1. The zero-order valence-corrected chi connectivity index (χ0v) is 17.8. The summed E-state index contributed by atoms with van der Waals surface area (Å²) in [6.45, 7) is 1.92. The highest BCUT2D eigenvalue weighted by molar-refractivity contribution is 6.14. The van der Waals surface area contributed by atoms with Gasteiger partial charge in [-0.25, -0.2) is 0 Å². The summed E-state index contributed by atoms with van der Waals surface area (Å²) >= 11 is 0. The molecule has 1 aliphatic carbocycles. The molecule has 1 N–H and O–H groups in total. The SMILES string of the molecule is CCC(Oc1ccc2c(c1)CCCC2)C(=O)Nc1ccccc1C(=O)c1ccccc1. The lowest BCUT2D eigenvalue weighted by molar-refractivity contribution is -0.122. The number of ketones is 1. The number of ether oxygens (including phenoxy) is 1. The number of aryl methyl sites for hydroxylation is 2. The topological polar surface area (TPSA) is 55.4 Å². The Labute approximate surface area is 183 Å². The van der Waals surface area contributed by atoms with Crippen LogP contribution in [-0.4, -0.2) is 17.8 Å². The fourth-order valence-corrected chi connectivity index (χ4v) is 4.02. The van der Waals surface area contributed by atoms with Gasteiger partial charge in [0.2, 0.25) is 0 Å². The largest absolute Gasteiger partial charge is 0.481 e. The van der Waals surface area contributed by atoms with E-state index >= 15 is 0 Å². The number of fused-ring (bicyclic) bond motifs is 1. The third-order valence-corrected chi connectivity index (χ3v) is 5.73. The predicted octanol–water partition coefficient (Wildman–Crippen LogP) is 5.59. The summed E-state index contributed by atoms with van der Waals surface area (Å²) in [6.07, 6.45) is 4.48. The number of hydrogen-bond donors (Lipinski definition) is 1. The van der Waals surface area contributed by atoms with Crippen molar-refractivity contribution in [1.82, 2.24) is 0 Å². The Morgan fingerprint density at radius 3 is 2.39 bits per heavy atom. The molecule has 31 heavy (non-hydrogen) atoms. The van der Waals surface area contributed by atoms with E-state index in [0.717, 1.165) is 18.6 Å². The number of benzene rings is 3. The third kappa shape index (κ3) is 4.85. The average molecular weight is 414 g/mol. The standard InChI is InChI=1S/C27H27NO3/c1-2-25(31-22-17-16-19-10-6-7-13-21(19)18-22)27(30)28-24-15-9-8-14-23(24)26(29)20-11-4-3-5-12-20/h3-5,8-9,11-12,14-18,25H,2,6-7,10,13H2,1H3,(H,28,30). The van der Waals surface area contributed by atoms with Gasteiger partial charge in [-0.15, -0.1) is 0 Å². The van der Waals surface area contributed by atoms with Gasteiger partial charge in [0.25, 0.3) is 5.91 Å². The molecular formula is C27H27NO3. The minimum Gasteiger partial charge on any atom is -0.481 e. The van der Waals surface area contributed by atoms with Crippen molar-refractivity contribution in [2.24, 2.45) is 0 Å². The first-order valence-electron chi connectivity index (χ1n) is 10.9. The first-order valence-corrected chi connectivity index (χ1v) is 10.9. The van der Waals surface area contributed by atoms with E-state index < -0.39 is 6.10 Å². The van der Waals surface area contributed by atoms with Crippen LogP contribution in [0.25, 0.3) is 0 Å². The second kappa shape index (κ2) is 9.61. The molecular weight excluding hydrogens is 386 g/mol. The van der Waals surface area contributed by atoms with Gasteiger partial charge in [0.05, 0.1) is 5.69 Å². The van der Waals surface area contributed by atoms with Gasteiger partial charge in [0.1, 0.15) is 5.75 Å². The summed E-state index contributed by atoms with van der Waals surface area (Å²) in [5, 5.41) is 2.91. The zero-order chi connectivity index (χ0) is 21.6. The number of carbonyl (C=O) groups is 2. The molecule has 158 valence electrons. The smallest absolute Gasteiger partial charge is 0.265 e. The highest BCUT2D eigenvalue weighted by atomic mass is 16.5. The van der Waals surface area contributed by atoms with Crippen LogP contribution in [0.15, 0.2) is 72.8 Å². The van der Waals surface area contributed by atoms with Crippen LogP contribution in [0.2, 0.25) is 0 Å². The molecule has 0 fully saturated rings. The lowest BCUT2D eigenvalue weighted by atomic mass is 9.92. The van der Waals surface area contributed by atoms with E-state index in [9.17, 15) is 9.59 Å². The molecule has 0 bridgehead atoms. The van der Waals surface area contributed by atoms with E-state index in [1.54, 1.807) is 30.3 Å². The molecule has 0 saturated heterocycles. The molecule has 3 aromatic carbocycles. The first kappa shape index (κ1) is 20.9. The van der Waals surface area contributed by atoms with E-state index in [-0.39, 0.29) is 11.7 Å². The van der Waals surface area contributed by atoms with Crippen molar-refractivity contribution < 1.29 is 14.3 Å². The molecule has 0 heterocycles. The van der Waals surface area contributed by atoms with Crippen molar-refractivity contribution in [1.29, 1.82) is 0 Å². The average Bonchev–Trinajstić information content (AvgIpc) is 2.82.